The molecule has 1 saturated heterocycles. The number of likely N-dealkylation sites (tertiary alicyclic amines) is 1. The zero-order valence-corrected chi connectivity index (χ0v) is 15.5. The number of nitrogens with zero attached hydrogens (tertiary/aromatic N) is 5. The molecule has 0 saturated carbocycles. The molecule has 0 aliphatic carbocycles. The number of aromatic nitrogens is 4. The quantitative estimate of drug-likeness (QED) is 0.735. The highest BCUT2D eigenvalue weighted by molar-refractivity contribution is 5.71. The number of hydrogen-bond donors (Lipinski definition) is 1. The summed E-state index contributed by atoms with van der Waals surface area (Å²) < 4.78 is 9.22. The lowest BCUT2D eigenvalue weighted by molar-refractivity contribution is 0.0270. The van der Waals surface area contributed by atoms with Crippen LogP contribution in [0.3, 0.4) is 0 Å². The van der Waals surface area contributed by atoms with Crippen LogP contribution in [-0.2, 0) is 18.8 Å². The van der Waals surface area contributed by atoms with E-state index < -0.39 is 35.1 Å². The van der Waals surface area contributed by atoms with E-state index in [1.807, 2.05) is 0 Å². The summed E-state index contributed by atoms with van der Waals surface area (Å²) in [6.07, 6.45) is 0.0187. The molecule has 0 radical (unpaired) electrons. The first-order chi connectivity index (χ1) is 12.0. The first kappa shape index (κ1) is 18.2. The summed E-state index contributed by atoms with van der Waals surface area (Å²) in [4.78, 5) is 42.3. The highest BCUT2D eigenvalue weighted by Gasteiger charge is 2.38. The average molecular weight is 365 g/mol. The molecular weight excluding hydrogens is 342 g/mol. The third-order valence-electron chi connectivity index (χ3n) is 4.43. The Morgan fingerprint density at radius 2 is 1.88 bits per heavy atom. The maximum Gasteiger partial charge on any atom is 0.410 e. The van der Waals surface area contributed by atoms with Gasteiger partial charge in [-0.3, -0.25) is 13.9 Å². The zero-order valence-electron chi connectivity index (χ0n) is 15.5. The van der Waals surface area contributed by atoms with Crippen LogP contribution in [0.25, 0.3) is 11.2 Å². The van der Waals surface area contributed by atoms with Crippen LogP contribution < -0.4 is 11.2 Å². The van der Waals surface area contributed by atoms with Gasteiger partial charge in [0.1, 0.15) is 11.2 Å². The molecule has 1 aliphatic rings. The molecule has 0 aromatic carbocycles. The minimum Gasteiger partial charge on any atom is -0.444 e. The molecule has 0 spiro atoms. The summed E-state index contributed by atoms with van der Waals surface area (Å²) in [5.41, 5.74) is -1.18. The van der Waals surface area contributed by atoms with Gasteiger partial charge < -0.3 is 19.3 Å². The Hall–Kier alpha value is -2.62. The Bertz CT molecular complexity index is 980. The zero-order chi connectivity index (χ0) is 19.4. The first-order valence-electron chi connectivity index (χ1n) is 8.30. The molecule has 3 rings (SSSR count). The van der Waals surface area contributed by atoms with Crippen molar-refractivity contribution >= 4 is 17.3 Å². The number of hydrogen-bond acceptors (Lipinski definition) is 6. The predicted octanol–water partition coefficient (Wildman–Crippen LogP) is -0.414. The number of aliphatic hydroxyl groups is 1. The van der Waals surface area contributed by atoms with Gasteiger partial charge in [-0.1, -0.05) is 0 Å². The molecule has 1 N–H and O–H groups in total. The Morgan fingerprint density at radius 1 is 1.23 bits per heavy atom. The maximum atomic E-state index is 12.3. The third-order valence-corrected chi connectivity index (χ3v) is 4.43. The van der Waals surface area contributed by atoms with Crippen molar-refractivity contribution in [1.29, 1.82) is 0 Å². The van der Waals surface area contributed by atoms with E-state index in [-0.39, 0.29) is 18.6 Å². The molecule has 2 aromatic rings. The van der Waals surface area contributed by atoms with E-state index in [0.717, 1.165) is 4.57 Å². The van der Waals surface area contributed by atoms with Crippen LogP contribution in [0.2, 0.25) is 0 Å². The Kier molecular flexibility index (Phi) is 4.18. The Labute approximate surface area is 149 Å². The fraction of sp³-hybridized carbons (Fsp3) is 0.625. The van der Waals surface area contributed by atoms with E-state index in [2.05, 4.69) is 4.98 Å². The van der Waals surface area contributed by atoms with Crippen LogP contribution in [0, 0.1) is 0 Å². The molecule has 0 bridgehead atoms. The summed E-state index contributed by atoms with van der Waals surface area (Å²) in [5, 5.41) is 10.5. The topological polar surface area (TPSA) is 112 Å². The van der Waals surface area contributed by atoms with Gasteiger partial charge in [0.15, 0.2) is 5.52 Å². The van der Waals surface area contributed by atoms with Crippen LogP contribution in [0.15, 0.2) is 15.9 Å². The standard InChI is InChI=1S/C16H23N5O5/c1-16(2,3)26-15(25)20-6-9(10(22)7-20)21-8-17-11-12(21)18(4)14(24)19(5)13(11)23/h8-10,22H,6-7H2,1-5H3/t9-,10-/m0/s1. The SMILES string of the molecule is Cn1c(=O)c2ncn([C@H]3CN(C(=O)OC(C)(C)C)C[C@@H]3O)c2n(C)c1=O. The second-order valence-electron chi connectivity index (χ2n) is 7.55. The second-order valence-corrected chi connectivity index (χ2v) is 7.55. The van der Waals surface area contributed by atoms with Crippen molar-refractivity contribution in [2.75, 3.05) is 13.1 Å². The van der Waals surface area contributed by atoms with Gasteiger partial charge in [0, 0.05) is 20.6 Å². The summed E-state index contributed by atoms with van der Waals surface area (Å²) >= 11 is 0. The first-order valence-corrected chi connectivity index (χ1v) is 8.30. The smallest absolute Gasteiger partial charge is 0.410 e. The van der Waals surface area contributed by atoms with Gasteiger partial charge in [-0.2, -0.15) is 0 Å². The largest absolute Gasteiger partial charge is 0.444 e. The number of amides is 1. The normalized spacial score (nSPS) is 20.8. The lowest BCUT2D eigenvalue weighted by Crippen LogP contribution is -2.38. The van der Waals surface area contributed by atoms with Gasteiger partial charge in [-0.05, 0) is 20.8 Å². The van der Waals surface area contributed by atoms with Crippen molar-refractivity contribution in [2.24, 2.45) is 14.1 Å². The van der Waals surface area contributed by atoms with Gasteiger partial charge in [0.05, 0.1) is 25.0 Å². The molecule has 0 unspecified atom stereocenters. The van der Waals surface area contributed by atoms with Crippen molar-refractivity contribution in [1.82, 2.24) is 23.6 Å². The van der Waals surface area contributed by atoms with Crippen LogP contribution in [-0.4, -0.2) is 59.6 Å². The number of carbonyl (C=O) groups excluding carboxylic acids is 1. The van der Waals surface area contributed by atoms with E-state index >= 15 is 0 Å². The van der Waals surface area contributed by atoms with Crippen LogP contribution in [0.5, 0.6) is 0 Å². The summed E-state index contributed by atoms with van der Waals surface area (Å²) in [7, 11) is 2.92. The van der Waals surface area contributed by atoms with Crippen molar-refractivity contribution in [3.63, 3.8) is 0 Å². The monoisotopic (exact) mass is 365 g/mol. The number of aliphatic hydroxyl groups excluding tert-OH is 1. The number of carbonyl (C=O) groups is 1. The molecule has 10 heteroatoms. The van der Waals surface area contributed by atoms with E-state index in [9.17, 15) is 19.5 Å². The number of rotatable bonds is 1. The number of fused-ring (bicyclic) bond motifs is 1. The van der Waals surface area contributed by atoms with Gasteiger partial charge in [0.25, 0.3) is 5.56 Å². The molecule has 10 nitrogen and oxygen atoms in total. The summed E-state index contributed by atoms with van der Waals surface area (Å²) in [6.45, 7) is 5.58. The lowest BCUT2D eigenvalue weighted by atomic mass is 10.2. The van der Waals surface area contributed by atoms with Crippen molar-refractivity contribution < 1.29 is 14.6 Å². The predicted molar refractivity (Wildman–Crippen MR) is 93.1 cm³/mol. The highest BCUT2D eigenvalue weighted by Crippen LogP contribution is 2.26. The summed E-state index contributed by atoms with van der Waals surface area (Å²) in [6, 6.07) is -0.537. The second kappa shape index (κ2) is 5.97. The number of aryl methyl sites for hydroxylation is 1. The minimum atomic E-state index is -0.876. The number of β-amino-alcohol motifs (C(OH)–C–C–N with tert-alkyl or cyclic N) is 1. The summed E-state index contributed by atoms with van der Waals surface area (Å²) in [5.74, 6) is 0. The third kappa shape index (κ3) is 2.90. The fourth-order valence-corrected chi connectivity index (χ4v) is 3.16. The molecule has 26 heavy (non-hydrogen) atoms. The minimum absolute atomic E-state index is 0.0953. The van der Waals surface area contributed by atoms with Gasteiger partial charge in [0.2, 0.25) is 0 Å². The fourth-order valence-electron chi connectivity index (χ4n) is 3.16. The van der Waals surface area contributed by atoms with E-state index in [1.165, 1.54) is 29.9 Å². The van der Waals surface area contributed by atoms with Crippen molar-refractivity contribution in [3.05, 3.63) is 27.2 Å². The van der Waals surface area contributed by atoms with Crippen LogP contribution in [0.1, 0.15) is 26.8 Å². The van der Waals surface area contributed by atoms with Crippen molar-refractivity contribution in [2.45, 2.75) is 38.5 Å². The average Bonchev–Trinajstić information content (AvgIpc) is 3.12. The van der Waals surface area contributed by atoms with Gasteiger partial charge >= 0.3 is 11.8 Å². The Morgan fingerprint density at radius 3 is 2.50 bits per heavy atom. The van der Waals surface area contributed by atoms with Crippen LogP contribution >= 0.6 is 0 Å². The number of imidazole rings is 1. The van der Waals surface area contributed by atoms with Crippen LogP contribution in [0.4, 0.5) is 4.79 Å². The maximum absolute atomic E-state index is 12.3. The molecule has 1 amide bonds. The van der Waals surface area contributed by atoms with E-state index in [0.29, 0.717) is 5.65 Å². The Balaban J connectivity index is 1.99. The molecular formula is C16H23N5O5. The molecule has 2 aromatic heterocycles. The lowest BCUT2D eigenvalue weighted by Gasteiger charge is -2.24. The van der Waals surface area contributed by atoms with Crippen molar-refractivity contribution in [3.8, 4) is 0 Å². The van der Waals surface area contributed by atoms with Gasteiger partial charge in [-0.15, -0.1) is 0 Å². The molecule has 2 atom stereocenters. The highest BCUT2D eigenvalue weighted by atomic mass is 16.6. The van der Waals surface area contributed by atoms with Gasteiger partial charge in [-0.25, -0.2) is 14.6 Å². The van der Waals surface area contributed by atoms with E-state index in [4.69, 9.17) is 4.74 Å². The number of ether oxygens (including phenoxy) is 1. The molecule has 3 heterocycles. The van der Waals surface area contributed by atoms with E-state index in [1.54, 1.807) is 25.3 Å². The molecule has 1 fully saturated rings. The molecule has 142 valence electrons. The molecule has 1 aliphatic heterocycles.